The maximum Gasteiger partial charge on any atom is 0.160 e. The Hall–Kier alpha value is -1.13. The van der Waals surface area contributed by atoms with Crippen molar-refractivity contribution in [1.82, 2.24) is 19.4 Å². The molecule has 5 heteroatoms. The molecule has 0 radical (unpaired) electrons. The molecule has 3 heterocycles. The molecule has 0 aliphatic carbocycles. The zero-order chi connectivity index (χ0) is 14.8. The Morgan fingerprint density at radius 3 is 2.81 bits per heavy atom. The van der Waals surface area contributed by atoms with Crippen molar-refractivity contribution in [1.29, 1.82) is 0 Å². The Morgan fingerprint density at radius 1 is 1.33 bits per heavy atom. The third-order valence-electron chi connectivity index (χ3n) is 4.44. The van der Waals surface area contributed by atoms with Gasteiger partial charge in [-0.15, -0.1) is 11.6 Å². The van der Waals surface area contributed by atoms with Crippen molar-refractivity contribution >= 4 is 22.8 Å². The second kappa shape index (κ2) is 6.32. The van der Waals surface area contributed by atoms with Crippen molar-refractivity contribution in [2.24, 2.45) is 0 Å². The highest BCUT2D eigenvalue weighted by Crippen LogP contribution is 2.20. The zero-order valence-corrected chi connectivity index (χ0v) is 13.6. The lowest BCUT2D eigenvalue weighted by atomic mass is 10.2. The largest absolute Gasteiger partial charge is 0.311 e. The molecule has 2 aromatic heterocycles. The lowest BCUT2D eigenvalue weighted by molar-refractivity contribution is 0.235. The Bertz CT molecular complexity index is 616. The summed E-state index contributed by atoms with van der Waals surface area (Å²) in [6, 6.07) is 2.54. The molecule has 1 aliphatic rings. The van der Waals surface area contributed by atoms with Crippen molar-refractivity contribution in [3.8, 4) is 0 Å². The van der Waals surface area contributed by atoms with E-state index in [1.807, 2.05) is 12.3 Å². The minimum absolute atomic E-state index is 0.515. The van der Waals surface area contributed by atoms with E-state index in [-0.39, 0.29) is 0 Å². The first-order chi connectivity index (χ1) is 10.2. The molecule has 0 spiro atoms. The van der Waals surface area contributed by atoms with Crippen LogP contribution in [0.15, 0.2) is 12.3 Å². The number of likely N-dealkylation sites (tertiary alicyclic amines) is 1. The van der Waals surface area contributed by atoms with E-state index in [0.717, 1.165) is 30.0 Å². The molecular formula is C16H23ClN4. The third kappa shape index (κ3) is 2.92. The fraction of sp³-hybridized carbons (Fsp3) is 0.625. The Morgan fingerprint density at radius 2 is 2.10 bits per heavy atom. The van der Waals surface area contributed by atoms with E-state index >= 15 is 0 Å². The monoisotopic (exact) mass is 306 g/mol. The van der Waals surface area contributed by atoms with E-state index in [1.54, 1.807) is 0 Å². The van der Waals surface area contributed by atoms with Crippen LogP contribution in [0, 0.1) is 6.92 Å². The maximum atomic E-state index is 5.95. The zero-order valence-electron chi connectivity index (χ0n) is 12.8. The molecule has 1 fully saturated rings. The summed E-state index contributed by atoms with van der Waals surface area (Å²) in [5.41, 5.74) is 3.20. The quantitative estimate of drug-likeness (QED) is 0.796. The lowest BCUT2D eigenvalue weighted by Crippen LogP contribution is -2.34. The van der Waals surface area contributed by atoms with Crippen LogP contribution in [-0.4, -0.2) is 44.4 Å². The molecule has 1 saturated heterocycles. The standard InChI is InChI=1S/C16H23ClN4/c1-12-6-8-18-16-15(12)19-14(5-7-17)21(16)11-13(2)20-9-3-4-10-20/h6,8,13H,3-5,7,9-11H2,1-2H3. The molecule has 0 saturated carbocycles. The highest BCUT2D eigenvalue weighted by atomic mass is 35.5. The van der Waals surface area contributed by atoms with Crippen molar-refractivity contribution in [2.75, 3.05) is 19.0 Å². The van der Waals surface area contributed by atoms with E-state index in [1.165, 1.54) is 31.5 Å². The first-order valence-electron chi connectivity index (χ1n) is 7.81. The molecule has 21 heavy (non-hydrogen) atoms. The number of aromatic nitrogens is 3. The third-order valence-corrected chi connectivity index (χ3v) is 4.63. The van der Waals surface area contributed by atoms with Crippen LogP contribution in [0.3, 0.4) is 0 Å². The van der Waals surface area contributed by atoms with Crippen molar-refractivity contribution in [2.45, 2.75) is 45.7 Å². The minimum atomic E-state index is 0.515. The molecule has 114 valence electrons. The van der Waals surface area contributed by atoms with Gasteiger partial charge in [-0.25, -0.2) is 9.97 Å². The van der Waals surface area contributed by atoms with Crippen LogP contribution in [0.4, 0.5) is 0 Å². The molecule has 2 aromatic rings. The number of pyridine rings is 1. The predicted molar refractivity (Wildman–Crippen MR) is 87.0 cm³/mol. The molecule has 1 aliphatic heterocycles. The van der Waals surface area contributed by atoms with Gasteiger partial charge in [0.2, 0.25) is 0 Å². The first-order valence-corrected chi connectivity index (χ1v) is 8.35. The lowest BCUT2D eigenvalue weighted by Gasteiger charge is -2.24. The van der Waals surface area contributed by atoms with Gasteiger partial charge in [-0.3, -0.25) is 4.90 Å². The molecule has 1 unspecified atom stereocenters. The molecular weight excluding hydrogens is 284 g/mol. The van der Waals surface area contributed by atoms with Gasteiger partial charge in [0.1, 0.15) is 11.3 Å². The number of fused-ring (bicyclic) bond motifs is 1. The van der Waals surface area contributed by atoms with Gasteiger partial charge in [0.05, 0.1) is 0 Å². The molecule has 1 atom stereocenters. The van der Waals surface area contributed by atoms with Crippen LogP contribution in [0.2, 0.25) is 0 Å². The molecule has 0 amide bonds. The van der Waals surface area contributed by atoms with Crippen molar-refractivity contribution in [3.63, 3.8) is 0 Å². The predicted octanol–water partition coefficient (Wildman–Crippen LogP) is 3.01. The summed E-state index contributed by atoms with van der Waals surface area (Å²) in [6.45, 7) is 7.77. The molecule has 0 bridgehead atoms. The minimum Gasteiger partial charge on any atom is -0.311 e. The van der Waals surface area contributed by atoms with Gasteiger partial charge in [0.25, 0.3) is 0 Å². The smallest absolute Gasteiger partial charge is 0.160 e. The molecule has 0 N–H and O–H groups in total. The van der Waals surface area contributed by atoms with Gasteiger partial charge in [-0.2, -0.15) is 0 Å². The average Bonchev–Trinajstić information content (AvgIpc) is 3.10. The van der Waals surface area contributed by atoms with E-state index in [9.17, 15) is 0 Å². The second-order valence-electron chi connectivity index (χ2n) is 5.97. The van der Waals surface area contributed by atoms with Gasteiger partial charge >= 0.3 is 0 Å². The van der Waals surface area contributed by atoms with E-state index in [4.69, 9.17) is 16.6 Å². The molecule has 0 aromatic carbocycles. The van der Waals surface area contributed by atoms with E-state index < -0.39 is 0 Å². The second-order valence-corrected chi connectivity index (χ2v) is 6.35. The summed E-state index contributed by atoms with van der Waals surface area (Å²) in [4.78, 5) is 11.9. The summed E-state index contributed by atoms with van der Waals surface area (Å²) < 4.78 is 2.27. The van der Waals surface area contributed by atoms with Gasteiger partial charge in [0.15, 0.2) is 5.65 Å². The maximum absolute atomic E-state index is 5.95. The summed E-state index contributed by atoms with van der Waals surface area (Å²) in [7, 11) is 0. The van der Waals surface area contributed by atoms with Gasteiger partial charge < -0.3 is 4.57 Å². The topological polar surface area (TPSA) is 34.0 Å². The van der Waals surface area contributed by atoms with Crippen LogP contribution in [0.5, 0.6) is 0 Å². The summed E-state index contributed by atoms with van der Waals surface area (Å²) in [5.74, 6) is 1.66. The first kappa shape index (κ1) is 14.8. The van der Waals surface area contributed by atoms with Crippen LogP contribution in [0.25, 0.3) is 11.2 Å². The highest BCUT2D eigenvalue weighted by Gasteiger charge is 2.21. The van der Waals surface area contributed by atoms with Crippen LogP contribution >= 0.6 is 11.6 Å². The van der Waals surface area contributed by atoms with Crippen molar-refractivity contribution < 1.29 is 0 Å². The SMILES string of the molecule is Cc1ccnc2c1nc(CCCl)n2CC(C)N1CCCC1. The number of aryl methyl sites for hydroxylation is 2. The van der Waals surface area contributed by atoms with Crippen LogP contribution in [0.1, 0.15) is 31.2 Å². The Balaban J connectivity index is 1.94. The number of halogens is 1. The van der Waals surface area contributed by atoms with Gasteiger partial charge in [0, 0.05) is 31.1 Å². The Kier molecular flexibility index (Phi) is 4.45. The molecule has 3 rings (SSSR count). The van der Waals surface area contributed by atoms with Crippen LogP contribution < -0.4 is 0 Å². The number of alkyl halides is 1. The average molecular weight is 307 g/mol. The molecule has 4 nitrogen and oxygen atoms in total. The van der Waals surface area contributed by atoms with Crippen LogP contribution in [-0.2, 0) is 13.0 Å². The number of hydrogen-bond acceptors (Lipinski definition) is 3. The number of nitrogens with zero attached hydrogens (tertiary/aromatic N) is 4. The van der Waals surface area contributed by atoms with E-state index in [0.29, 0.717) is 11.9 Å². The Labute approximate surface area is 131 Å². The van der Waals surface area contributed by atoms with Crippen molar-refractivity contribution in [3.05, 3.63) is 23.7 Å². The fourth-order valence-corrected chi connectivity index (χ4v) is 3.38. The highest BCUT2D eigenvalue weighted by molar-refractivity contribution is 6.17. The van der Waals surface area contributed by atoms with Gasteiger partial charge in [-0.1, -0.05) is 0 Å². The summed E-state index contributed by atoms with van der Waals surface area (Å²) in [5, 5.41) is 0. The number of rotatable bonds is 5. The van der Waals surface area contributed by atoms with Gasteiger partial charge in [-0.05, 0) is 51.4 Å². The summed E-state index contributed by atoms with van der Waals surface area (Å²) in [6.07, 6.45) is 5.31. The van der Waals surface area contributed by atoms with E-state index in [2.05, 4.69) is 28.3 Å². The normalized spacial score (nSPS) is 17.7. The number of imidazole rings is 1. The fourth-order valence-electron chi connectivity index (χ4n) is 3.21. The summed E-state index contributed by atoms with van der Waals surface area (Å²) >= 11 is 5.95. The number of hydrogen-bond donors (Lipinski definition) is 0.